The largest absolute Gasteiger partial charge is 0.307 e. The Labute approximate surface area is 128 Å². The van der Waals surface area contributed by atoms with Crippen LogP contribution in [0, 0.1) is 24.0 Å². The molecule has 2 aromatic rings. The number of hydrogen-bond acceptors (Lipinski definition) is 3. The lowest BCUT2D eigenvalue weighted by atomic mass is 10.0. The molecule has 3 rings (SSSR count). The Morgan fingerprint density at radius 3 is 2.73 bits per heavy atom. The summed E-state index contributed by atoms with van der Waals surface area (Å²) in [4.78, 5) is 25.0. The van der Waals surface area contributed by atoms with Gasteiger partial charge >= 0.3 is 0 Å². The van der Waals surface area contributed by atoms with Gasteiger partial charge < -0.3 is 4.90 Å². The van der Waals surface area contributed by atoms with Gasteiger partial charge in [0, 0.05) is 24.2 Å². The number of benzene rings is 2. The molecule has 1 heterocycles. The molecule has 5 heteroatoms. The van der Waals surface area contributed by atoms with E-state index in [4.69, 9.17) is 0 Å². The SMILES string of the molecule is Cc1cccc(C(=O)N2CCc3ccc([N+](=O)[O-])cc32)c1C. The summed E-state index contributed by atoms with van der Waals surface area (Å²) >= 11 is 0. The Hall–Kier alpha value is -2.69. The predicted molar refractivity (Wildman–Crippen MR) is 84.4 cm³/mol. The van der Waals surface area contributed by atoms with Gasteiger partial charge in [0.05, 0.1) is 10.6 Å². The number of hydrogen-bond donors (Lipinski definition) is 0. The molecule has 0 aromatic heterocycles. The summed E-state index contributed by atoms with van der Waals surface area (Å²) < 4.78 is 0. The average molecular weight is 296 g/mol. The van der Waals surface area contributed by atoms with Gasteiger partial charge in [-0.05, 0) is 43.0 Å². The standard InChI is InChI=1S/C17H16N2O3/c1-11-4-3-5-15(12(11)2)17(20)18-9-8-13-6-7-14(19(21)22)10-16(13)18/h3-7,10H,8-9H2,1-2H3. The van der Waals surface area contributed by atoms with Crippen LogP contribution >= 0.6 is 0 Å². The number of nitro benzene ring substituents is 1. The van der Waals surface area contributed by atoms with E-state index in [9.17, 15) is 14.9 Å². The molecule has 0 fully saturated rings. The highest BCUT2D eigenvalue weighted by molar-refractivity contribution is 6.08. The van der Waals surface area contributed by atoms with Crippen LogP contribution in [-0.4, -0.2) is 17.4 Å². The minimum atomic E-state index is -0.431. The van der Waals surface area contributed by atoms with Crippen LogP contribution in [0.3, 0.4) is 0 Å². The van der Waals surface area contributed by atoms with Crippen LogP contribution in [0.25, 0.3) is 0 Å². The third-order valence-electron chi connectivity index (χ3n) is 4.26. The molecule has 0 bridgehead atoms. The molecule has 2 aromatic carbocycles. The molecule has 112 valence electrons. The van der Waals surface area contributed by atoms with Gasteiger partial charge in [0.1, 0.15) is 0 Å². The Bertz CT molecular complexity index is 783. The van der Waals surface area contributed by atoms with Gasteiger partial charge in [0.2, 0.25) is 0 Å². The summed E-state index contributed by atoms with van der Waals surface area (Å²) in [6.07, 6.45) is 0.726. The number of rotatable bonds is 2. The van der Waals surface area contributed by atoms with Crippen molar-refractivity contribution < 1.29 is 9.72 Å². The molecule has 0 N–H and O–H groups in total. The van der Waals surface area contributed by atoms with Crippen molar-refractivity contribution in [2.45, 2.75) is 20.3 Å². The van der Waals surface area contributed by atoms with Crippen LogP contribution < -0.4 is 4.90 Å². The molecule has 22 heavy (non-hydrogen) atoms. The minimum Gasteiger partial charge on any atom is -0.307 e. The first kappa shape index (κ1) is 14.3. The van der Waals surface area contributed by atoms with Crippen LogP contribution in [0.15, 0.2) is 36.4 Å². The van der Waals surface area contributed by atoms with E-state index in [1.165, 1.54) is 12.1 Å². The van der Waals surface area contributed by atoms with E-state index in [2.05, 4.69) is 0 Å². The fraction of sp³-hybridized carbons (Fsp3) is 0.235. The molecule has 0 atom stereocenters. The van der Waals surface area contributed by atoms with Gasteiger partial charge in [-0.2, -0.15) is 0 Å². The fourth-order valence-corrected chi connectivity index (χ4v) is 2.82. The second-order valence-corrected chi connectivity index (χ2v) is 5.52. The number of amides is 1. The molecule has 0 aliphatic carbocycles. The lowest BCUT2D eigenvalue weighted by Crippen LogP contribution is -2.29. The van der Waals surface area contributed by atoms with E-state index < -0.39 is 4.92 Å². The van der Waals surface area contributed by atoms with Gasteiger partial charge in [-0.15, -0.1) is 0 Å². The number of fused-ring (bicyclic) bond motifs is 1. The minimum absolute atomic E-state index is 0.0133. The first-order valence-electron chi connectivity index (χ1n) is 7.14. The topological polar surface area (TPSA) is 63.5 Å². The number of anilines is 1. The van der Waals surface area contributed by atoms with Crippen LogP contribution in [0.1, 0.15) is 27.0 Å². The van der Waals surface area contributed by atoms with Crippen molar-refractivity contribution in [1.29, 1.82) is 0 Å². The number of carbonyl (C=O) groups excluding carboxylic acids is 1. The highest BCUT2D eigenvalue weighted by atomic mass is 16.6. The highest BCUT2D eigenvalue weighted by Crippen LogP contribution is 2.33. The van der Waals surface area contributed by atoms with Crippen molar-refractivity contribution in [2.75, 3.05) is 11.4 Å². The van der Waals surface area contributed by atoms with Crippen molar-refractivity contribution in [3.8, 4) is 0 Å². The second-order valence-electron chi connectivity index (χ2n) is 5.52. The van der Waals surface area contributed by atoms with Crippen molar-refractivity contribution >= 4 is 17.3 Å². The number of carbonyl (C=O) groups is 1. The monoisotopic (exact) mass is 296 g/mol. The van der Waals surface area contributed by atoms with E-state index in [-0.39, 0.29) is 11.6 Å². The maximum absolute atomic E-state index is 12.8. The third kappa shape index (κ3) is 2.24. The quantitative estimate of drug-likeness (QED) is 0.630. The van der Waals surface area contributed by atoms with Crippen molar-refractivity contribution in [1.82, 2.24) is 0 Å². The van der Waals surface area contributed by atoms with E-state index in [1.54, 1.807) is 17.0 Å². The zero-order chi connectivity index (χ0) is 15.9. The fourth-order valence-electron chi connectivity index (χ4n) is 2.82. The second kappa shape index (κ2) is 5.26. The Balaban J connectivity index is 2.02. The maximum Gasteiger partial charge on any atom is 0.271 e. The number of aryl methyl sites for hydroxylation is 1. The maximum atomic E-state index is 12.8. The molecular formula is C17H16N2O3. The Kier molecular flexibility index (Phi) is 3.41. The molecule has 0 saturated heterocycles. The summed E-state index contributed by atoms with van der Waals surface area (Å²) in [6, 6.07) is 10.4. The first-order valence-corrected chi connectivity index (χ1v) is 7.14. The van der Waals surface area contributed by atoms with Gasteiger partial charge in [-0.3, -0.25) is 14.9 Å². The molecular weight excluding hydrogens is 280 g/mol. The lowest BCUT2D eigenvalue weighted by molar-refractivity contribution is -0.384. The summed E-state index contributed by atoms with van der Waals surface area (Å²) in [5.41, 5.74) is 4.30. The third-order valence-corrected chi connectivity index (χ3v) is 4.26. The molecule has 0 saturated carbocycles. The van der Waals surface area contributed by atoms with Crippen LogP contribution in [0.2, 0.25) is 0 Å². The smallest absolute Gasteiger partial charge is 0.271 e. The Morgan fingerprint density at radius 2 is 2.00 bits per heavy atom. The summed E-state index contributed by atoms with van der Waals surface area (Å²) in [5.74, 6) is -0.0968. The molecule has 1 amide bonds. The summed E-state index contributed by atoms with van der Waals surface area (Å²) in [5, 5.41) is 10.9. The van der Waals surface area contributed by atoms with E-state index in [0.717, 1.165) is 23.1 Å². The van der Waals surface area contributed by atoms with Gasteiger partial charge in [0.25, 0.3) is 11.6 Å². The van der Waals surface area contributed by atoms with Crippen LogP contribution in [0.5, 0.6) is 0 Å². The number of non-ortho nitro benzene ring substituents is 1. The molecule has 1 aliphatic rings. The average Bonchev–Trinajstić information content (AvgIpc) is 2.92. The van der Waals surface area contributed by atoms with E-state index >= 15 is 0 Å². The molecule has 0 spiro atoms. The zero-order valence-electron chi connectivity index (χ0n) is 12.5. The van der Waals surface area contributed by atoms with Gasteiger partial charge in [-0.25, -0.2) is 0 Å². The van der Waals surface area contributed by atoms with Crippen LogP contribution in [-0.2, 0) is 6.42 Å². The van der Waals surface area contributed by atoms with Crippen molar-refractivity contribution in [3.63, 3.8) is 0 Å². The molecule has 0 radical (unpaired) electrons. The number of nitrogens with zero attached hydrogens (tertiary/aromatic N) is 2. The molecule has 1 aliphatic heterocycles. The number of nitro groups is 1. The van der Waals surface area contributed by atoms with E-state index in [1.807, 2.05) is 26.0 Å². The summed E-state index contributed by atoms with van der Waals surface area (Å²) in [6.45, 7) is 4.45. The molecule has 0 unspecified atom stereocenters. The predicted octanol–water partition coefficient (Wildman–Crippen LogP) is 3.41. The molecule has 5 nitrogen and oxygen atoms in total. The zero-order valence-corrected chi connectivity index (χ0v) is 12.5. The van der Waals surface area contributed by atoms with E-state index in [0.29, 0.717) is 17.8 Å². The van der Waals surface area contributed by atoms with Crippen molar-refractivity contribution in [3.05, 3.63) is 68.8 Å². The first-order chi connectivity index (χ1) is 10.5. The van der Waals surface area contributed by atoms with Crippen molar-refractivity contribution in [2.24, 2.45) is 0 Å². The normalized spacial score (nSPS) is 13.1. The van der Waals surface area contributed by atoms with Gasteiger partial charge in [0.15, 0.2) is 0 Å². The lowest BCUT2D eigenvalue weighted by Gasteiger charge is -2.19. The Morgan fingerprint density at radius 1 is 1.23 bits per heavy atom. The van der Waals surface area contributed by atoms with Crippen LogP contribution in [0.4, 0.5) is 11.4 Å². The highest BCUT2D eigenvalue weighted by Gasteiger charge is 2.28. The summed E-state index contributed by atoms with van der Waals surface area (Å²) in [7, 11) is 0. The van der Waals surface area contributed by atoms with Gasteiger partial charge in [-0.1, -0.05) is 18.2 Å².